The lowest BCUT2D eigenvalue weighted by Crippen LogP contribution is -2.47. The second-order valence-corrected chi connectivity index (χ2v) is 3.80. The van der Waals surface area contributed by atoms with Crippen LogP contribution in [0.5, 0.6) is 0 Å². The van der Waals surface area contributed by atoms with E-state index in [1.165, 1.54) is 15.9 Å². The number of alkyl halides is 8. The SMILES string of the molecule is FC(Cl)(Cl)C(F)(F)C(F)(F)Br. The highest BCUT2D eigenvalue weighted by Crippen LogP contribution is 2.51. The van der Waals surface area contributed by atoms with Crippen molar-refractivity contribution < 1.29 is 22.0 Å². The van der Waals surface area contributed by atoms with Crippen molar-refractivity contribution in [1.29, 1.82) is 0 Å². The van der Waals surface area contributed by atoms with Gasteiger partial charge in [0.1, 0.15) is 0 Å². The molecule has 0 saturated heterocycles. The van der Waals surface area contributed by atoms with Crippen molar-refractivity contribution in [3.05, 3.63) is 0 Å². The predicted octanol–water partition coefficient (Wildman–Crippen LogP) is 3.71. The van der Waals surface area contributed by atoms with E-state index in [-0.39, 0.29) is 0 Å². The van der Waals surface area contributed by atoms with Gasteiger partial charge in [-0.25, -0.2) is 4.39 Å². The van der Waals surface area contributed by atoms with Gasteiger partial charge in [-0.1, -0.05) is 23.2 Å². The first kappa shape index (κ1) is 11.7. The average Bonchev–Trinajstić information content (AvgIpc) is 1.58. The molecule has 11 heavy (non-hydrogen) atoms. The van der Waals surface area contributed by atoms with E-state index in [0.717, 1.165) is 0 Å². The monoisotopic (exact) mass is 280 g/mol. The Morgan fingerprint density at radius 2 is 1.18 bits per heavy atom. The largest absolute Gasteiger partial charge is 0.381 e. The normalized spacial score (nSPS) is 15.3. The first-order valence-electron chi connectivity index (χ1n) is 2.01. The second-order valence-electron chi connectivity index (χ2n) is 1.57. The van der Waals surface area contributed by atoms with Crippen LogP contribution in [0.2, 0.25) is 0 Å². The second kappa shape index (κ2) is 2.88. The first-order chi connectivity index (χ1) is 4.50. The molecule has 0 bridgehead atoms. The molecule has 0 aliphatic carbocycles. The zero-order chi connectivity index (χ0) is 9.50. The van der Waals surface area contributed by atoms with Gasteiger partial charge in [-0.3, -0.25) is 0 Å². The van der Waals surface area contributed by atoms with Gasteiger partial charge in [-0.05, 0) is 15.9 Å². The van der Waals surface area contributed by atoms with Gasteiger partial charge in [0.2, 0.25) is 0 Å². The van der Waals surface area contributed by atoms with Crippen LogP contribution in [-0.4, -0.2) is 15.3 Å². The van der Waals surface area contributed by atoms with E-state index >= 15 is 0 Å². The highest BCUT2D eigenvalue weighted by molar-refractivity contribution is 9.10. The average molecular weight is 282 g/mol. The van der Waals surface area contributed by atoms with Crippen molar-refractivity contribution >= 4 is 39.1 Å². The molecule has 68 valence electrons. The summed E-state index contributed by atoms with van der Waals surface area (Å²) < 4.78 is 55.1. The molecule has 0 amide bonds. The topological polar surface area (TPSA) is 0 Å². The van der Waals surface area contributed by atoms with Crippen molar-refractivity contribution in [2.75, 3.05) is 0 Å². The van der Waals surface area contributed by atoms with Crippen molar-refractivity contribution in [3.63, 3.8) is 0 Å². The third kappa shape index (κ3) is 2.32. The van der Waals surface area contributed by atoms with Crippen LogP contribution < -0.4 is 0 Å². The van der Waals surface area contributed by atoms with E-state index in [1.54, 1.807) is 0 Å². The lowest BCUT2D eigenvalue weighted by molar-refractivity contribution is -0.178. The Morgan fingerprint density at radius 1 is 0.909 bits per heavy atom. The number of hydrogen-bond acceptors (Lipinski definition) is 0. The van der Waals surface area contributed by atoms with E-state index in [4.69, 9.17) is 0 Å². The van der Waals surface area contributed by atoms with E-state index in [2.05, 4.69) is 23.2 Å². The molecule has 0 N–H and O–H groups in total. The summed E-state index contributed by atoms with van der Waals surface area (Å²) in [6.45, 7) is 0. The van der Waals surface area contributed by atoms with Crippen LogP contribution in [0.1, 0.15) is 0 Å². The highest BCUT2D eigenvalue weighted by Gasteiger charge is 2.68. The standard InChI is InChI=1S/C3BrCl2F5/c4-2(9,10)1(7,8)3(5,6)11. The van der Waals surface area contributed by atoms with Crippen LogP contribution in [0.25, 0.3) is 0 Å². The molecule has 0 rings (SSSR count). The van der Waals surface area contributed by atoms with Gasteiger partial charge in [-0.15, -0.1) is 0 Å². The third-order valence-corrected chi connectivity index (χ3v) is 1.68. The maximum absolute atomic E-state index is 12.0. The van der Waals surface area contributed by atoms with Crippen LogP contribution >= 0.6 is 39.1 Å². The van der Waals surface area contributed by atoms with E-state index < -0.39 is 15.3 Å². The van der Waals surface area contributed by atoms with Gasteiger partial charge in [-0.2, -0.15) is 17.6 Å². The van der Waals surface area contributed by atoms with E-state index in [9.17, 15) is 22.0 Å². The van der Waals surface area contributed by atoms with Gasteiger partial charge < -0.3 is 0 Å². The van der Waals surface area contributed by atoms with Crippen LogP contribution in [0.15, 0.2) is 0 Å². The Kier molecular flexibility index (Phi) is 3.07. The summed E-state index contributed by atoms with van der Waals surface area (Å²) in [4.78, 5) is -4.78. The Bertz CT molecular complexity index is 131. The fourth-order valence-corrected chi connectivity index (χ4v) is 0.900. The molecule has 0 atom stereocenters. The summed E-state index contributed by atoms with van der Waals surface area (Å²) in [7, 11) is 0. The molecule has 0 heterocycles. The fraction of sp³-hybridized carbons (Fsp3) is 1.00. The van der Waals surface area contributed by atoms with Gasteiger partial charge in [0.25, 0.3) is 0 Å². The lowest BCUT2D eigenvalue weighted by atomic mass is 10.4. The molecule has 0 unspecified atom stereocenters. The first-order valence-corrected chi connectivity index (χ1v) is 3.56. The van der Waals surface area contributed by atoms with Crippen LogP contribution in [-0.2, 0) is 0 Å². The Morgan fingerprint density at radius 3 is 1.18 bits per heavy atom. The van der Waals surface area contributed by atoms with E-state index in [1.807, 2.05) is 0 Å². The van der Waals surface area contributed by atoms with Gasteiger partial charge in [0, 0.05) is 0 Å². The number of hydrogen-bond donors (Lipinski definition) is 0. The molecule has 0 fully saturated rings. The molecule has 0 saturated carbocycles. The van der Waals surface area contributed by atoms with Crippen LogP contribution in [0.4, 0.5) is 22.0 Å². The number of halogens is 8. The maximum Gasteiger partial charge on any atom is 0.381 e. The molecule has 0 aromatic carbocycles. The summed E-state index contributed by atoms with van der Waals surface area (Å²) in [5.74, 6) is -5.18. The smallest absolute Gasteiger partial charge is 0.201 e. The minimum atomic E-state index is -5.18. The Hall–Kier alpha value is 0.710. The quantitative estimate of drug-likeness (QED) is 0.535. The minimum absolute atomic E-state index is 1.24. The highest BCUT2D eigenvalue weighted by atomic mass is 79.9. The molecule has 0 aromatic heterocycles. The maximum atomic E-state index is 12.0. The molecule has 0 aliphatic rings. The Labute approximate surface area is 76.8 Å². The number of rotatable bonds is 2. The molecule has 0 spiro atoms. The summed E-state index contributed by atoms with van der Waals surface area (Å²) in [5.41, 5.74) is 0. The van der Waals surface area contributed by atoms with E-state index in [0.29, 0.717) is 0 Å². The van der Waals surface area contributed by atoms with Crippen molar-refractivity contribution in [2.24, 2.45) is 0 Å². The van der Waals surface area contributed by atoms with Gasteiger partial charge in [0.15, 0.2) is 0 Å². The molecule has 8 heteroatoms. The zero-order valence-corrected chi connectivity index (χ0v) is 7.62. The van der Waals surface area contributed by atoms with Crippen molar-refractivity contribution in [3.8, 4) is 0 Å². The molecule has 0 aliphatic heterocycles. The summed E-state index contributed by atoms with van der Waals surface area (Å²) in [6, 6.07) is 0. The fourth-order valence-electron chi connectivity index (χ4n) is 0.161. The third-order valence-electron chi connectivity index (χ3n) is 0.712. The van der Waals surface area contributed by atoms with Crippen molar-refractivity contribution in [1.82, 2.24) is 0 Å². The van der Waals surface area contributed by atoms with Crippen molar-refractivity contribution in [2.45, 2.75) is 15.3 Å². The van der Waals surface area contributed by atoms with Crippen LogP contribution in [0.3, 0.4) is 0 Å². The summed E-state index contributed by atoms with van der Waals surface area (Å²) >= 11 is 9.54. The van der Waals surface area contributed by atoms with Crippen LogP contribution in [0, 0.1) is 0 Å². The molecule has 0 nitrogen and oxygen atoms in total. The molecular weight excluding hydrogens is 282 g/mol. The minimum Gasteiger partial charge on any atom is -0.201 e. The zero-order valence-electron chi connectivity index (χ0n) is 4.52. The van der Waals surface area contributed by atoms with Gasteiger partial charge >= 0.3 is 15.3 Å². The molecule has 0 radical (unpaired) electrons. The molecule has 0 aromatic rings. The van der Waals surface area contributed by atoms with Gasteiger partial charge in [0.05, 0.1) is 0 Å². The lowest BCUT2D eigenvalue weighted by Gasteiger charge is -2.25. The summed E-state index contributed by atoms with van der Waals surface area (Å²) in [6.07, 6.45) is 0. The Balaban J connectivity index is 4.75. The predicted molar refractivity (Wildman–Crippen MR) is 34.4 cm³/mol. The summed E-state index contributed by atoms with van der Waals surface area (Å²) in [5, 5.41) is 0. The molecular formula is C3BrCl2F5.